The van der Waals surface area contributed by atoms with Crippen molar-refractivity contribution in [2.45, 2.75) is 26.8 Å². The van der Waals surface area contributed by atoms with Crippen molar-refractivity contribution in [3.8, 4) is 5.69 Å². The number of aryl methyl sites for hydroxylation is 1. The third kappa shape index (κ3) is 2.80. The van der Waals surface area contributed by atoms with Crippen LogP contribution in [0.2, 0.25) is 0 Å². The van der Waals surface area contributed by atoms with Gasteiger partial charge < -0.3 is 5.11 Å². The Morgan fingerprint density at radius 2 is 1.91 bits per heavy atom. The molecule has 5 heteroatoms. The Bertz CT molecular complexity index is 742. The first-order valence-corrected chi connectivity index (χ1v) is 7.41. The Kier molecular flexibility index (Phi) is 4.06. The summed E-state index contributed by atoms with van der Waals surface area (Å²) in [4.78, 5) is 0. The summed E-state index contributed by atoms with van der Waals surface area (Å²) in [6, 6.07) is 10.2. The fourth-order valence-corrected chi connectivity index (χ4v) is 2.71. The molecule has 114 valence electrons. The third-order valence-electron chi connectivity index (χ3n) is 3.93. The highest BCUT2D eigenvalue weighted by Gasteiger charge is 2.11. The minimum absolute atomic E-state index is 0.159. The molecular formula is C17H20N4O. The maximum atomic E-state index is 9.14. The van der Waals surface area contributed by atoms with Crippen LogP contribution in [0.5, 0.6) is 0 Å². The van der Waals surface area contributed by atoms with Crippen LogP contribution in [0.25, 0.3) is 5.69 Å². The summed E-state index contributed by atoms with van der Waals surface area (Å²) in [5.41, 5.74) is 5.51. The molecule has 0 spiro atoms. The zero-order valence-corrected chi connectivity index (χ0v) is 12.9. The zero-order chi connectivity index (χ0) is 15.5. The van der Waals surface area contributed by atoms with Crippen LogP contribution in [0.15, 0.2) is 42.7 Å². The smallest absolute Gasteiger partial charge is 0.0662 e. The van der Waals surface area contributed by atoms with Gasteiger partial charge in [-0.25, -0.2) is 4.68 Å². The Hall–Kier alpha value is -2.40. The Labute approximate surface area is 129 Å². The molecule has 0 saturated carbocycles. The SMILES string of the molecule is Cc1nn(Cc2ccc(-n3cccn3)cc2)c(C)c1CCO. The maximum Gasteiger partial charge on any atom is 0.0662 e. The molecule has 0 aliphatic heterocycles. The van der Waals surface area contributed by atoms with Crippen molar-refractivity contribution in [1.29, 1.82) is 0 Å². The van der Waals surface area contributed by atoms with Gasteiger partial charge in [0.05, 0.1) is 17.9 Å². The van der Waals surface area contributed by atoms with Crippen molar-refractivity contribution < 1.29 is 5.11 Å². The second-order valence-electron chi connectivity index (χ2n) is 5.40. The van der Waals surface area contributed by atoms with Crippen LogP contribution in [0, 0.1) is 13.8 Å². The van der Waals surface area contributed by atoms with E-state index in [0.717, 1.165) is 29.2 Å². The molecule has 0 amide bonds. The molecule has 0 saturated heterocycles. The lowest BCUT2D eigenvalue weighted by molar-refractivity contribution is 0.299. The van der Waals surface area contributed by atoms with Gasteiger partial charge in [-0.2, -0.15) is 10.2 Å². The van der Waals surface area contributed by atoms with E-state index in [-0.39, 0.29) is 6.61 Å². The summed E-state index contributed by atoms with van der Waals surface area (Å²) in [5, 5.41) is 18.0. The van der Waals surface area contributed by atoms with Crippen molar-refractivity contribution in [3.05, 3.63) is 65.2 Å². The lowest BCUT2D eigenvalue weighted by atomic mass is 10.1. The summed E-state index contributed by atoms with van der Waals surface area (Å²) < 4.78 is 3.84. The monoisotopic (exact) mass is 296 g/mol. The number of nitrogens with zero attached hydrogens (tertiary/aromatic N) is 4. The fraction of sp³-hybridized carbons (Fsp3) is 0.294. The normalized spacial score (nSPS) is 11.0. The van der Waals surface area contributed by atoms with Gasteiger partial charge in [-0.3, -0.25) is 4.68 Å². The Morgan fingerprint density at radius 3 is 2.55 bits per heavy atom. The van der Waals surface area contributed by atoms with E-state index in [4.69, 9.17) is 5.11 Å². The molecule has 0 aliphatic rings. The molecule has 2 aromatic heterocycles. The first-order chi connectivity index (χ1) is 10.7. The molecule has 2 heterocycles. The molecule has 3 rings (SSSR count). The van der Waals surface area contributed by atoms with E-state index in [1.54, 1.807) is 6.20 Å². The van der Waals surface area contributed by atoms with Crippen molar-refractivity contribution in [3.63, 3.8) is 0 Å². The minimum atomic E-state index is 0.159. The molecule has 0 bridgehead atoms. The van der Waals surface area contributed by atoms with Gasteiger partial charge in [0, 0.05) is 24.7 Å². The van der Waals surface area contributed by atoms with Crippen molar-refractivity contribution >= 4 is 0 Å². The van der Waals surface area contributed by atoms with Crippen LogP contribution in [0.3, 0.4) is 0 Å². The first-order valence-electron chi connectivity index (χ1n) is 7.41. The number of aliphatic hydroxyl groups is 1. The van der Waals surface area contributed by atoms with Crippen LogP contribution in [0.4, 0.5) is 0 Å². The molecule has 0 unspecified atom stereocenters. The number of hydrogen-bond acceptors (Lipinski definition) is 3. The fourth-order valence-electron chi connectivity index (χ4n) is 2.71. The lowest BCUT2D eigenvalue weighted by Gasteiger charge is -2.07. The third-order valence-corrected chi connectivity index (χ3v) is 3.93. The molecule has 0 fully saturated rings. The van der Waals surface area contributed by atoms with Gasteiger partial charge in [0.15, 0.2) is 0 Å². The van der Waals surface area contributed by atoms with Crippen LogP contribution >= 0.6 is 0 Å². The van der Waals surface area contributed by atoms with Gasteiger partial charge in [-0.05, 0) is 49.6 Å². The predicted molar refractivity (Wildman–Crippen MR) is 85.2 cm³/mol. The van der Waals surface area contributed by atoms with E-state index in [1.807, 2.05) is 28.6 Å². The molecule has 1 aromatic carbocycles. The summed E-state index contributed by atoms with van der Waals surface area (Å²) in [7, 11) is 0. The van der Waals surface area contributed by atoms with E-state index >= 15 is 0 Å². The van der Waals surface area contributed by atoms with Gasteiger partial charge in [-0.15, -0.1) is 0 Å². The topological polar surface area (TPSA) is 55.9 Å². The van der Waals surface area contributed by atoms with Crippen LogP contribution < -0.4 is 0 Å². The second kappa shape index (κ2) is 6.15. The summed E-state index contributed by atoms with van der Waals surface area (Å²) >= 11 is 0. The van der Waals surface area contributed by atoms with Gasteiger partial charge >= 0.3 is 0 Å². The largest absolute Gasteiger partial charge is 0.396 e. The molecule has 0 radical (unpaired) electrons. The van der Waals surface area contributed by atoms with Gasteiger partial charge in [-0.1, -0.05) is 12.1 Å². The van der Waals surface area contributed by atoms with Crippen LogP contribution in [-0.4, -0.2) is 31.3 Å². The standard InChI is InChI=1S/C17H20N4O/c1-13-17(8-11-22)14(2)21(19-13)12-15-4-6-16(7-5-15)20-10-3-9-18-20/h3-7,9-10,22H,8,11-12H2,1-2H3. The summed E-state index contributed by atoms with van der Waals surface area (Å²) in [6.07, 6.45) is 4.36. The highest BCUT2D eigenvalue weighted by atomic mass is 16.3. The van der Waals surface area contributed by atoms with Crippen molar-refractivity contribution in [2.24, 2.45) is 0 Å². The van der Waals surface area contributed by atoms with E-state index < -0.39 is 0 Å². The van der Waals surface area contributed by atoms with E-state index in [1.165, 1.54) is 5.56 Å². The minimum Gasteiger partial charge on any atom is -0.396 e. The average molecular weight is 296 g/mol. The number of rotatable bonds is 5. The molecule has 22 heavy (non-hydrogen) atoms. The summed E-state index contributed by atoms with van der Waals surface area (Å²) in [6.45, 7) is 4.95. The van der Waals surface area contributed by atoms with Crippen molar-refractivity contribution in [1.82, 2.24) is 19.6 Å². The van der Waals surface area contributed by atoms with Gasteiger partial charge in [0.2, 0.25) is 0 Å². The van der Waals surface area contributed by atoms with Crippen LogP contribution in [0.1, 0.15) is 22.5 Å². The molecule has 3 aromatic rings. The first kappa shape index (κ1) is 14.5. The van der Waals surface area contributed by atoms with E-state index in [0.29, 0.717) is 6.42 Å². The molecule has 1 N–H and O–H groups in total. The highest BCUT2D eigenvalue weighted by Crippen LogP contribution is 2.16. The molecular weight excluding hydrogens is 276 g/mol. The van der Waals surface area contributed by atoms with Crippen molar-refractivity contribution in [2.75, 3.05) is 6.61 Å². The van der Waals surface area contributed by atoms with E-state index in [2.05, 4.69) is 41.4 Å². The van der Waals surface area contributed by atoms with Crippen LogP contribution in [-0.2, 0) is 13.0 Å². The average Bonchev–Trinajstić information content (AvgIpc) is 3.13. The lowest BCUT2D eigenvalue weighted by Crippen LogP contribution is -2.05. The van der Waals surface area contributed by atoms with Gasteiger partial charge in [0.25, 0.3) is 0 Å². The number of benzene rings is 1. The summed E-state index contributed by atoms with van der Waals surface area (Å²) in [5.74, 6) is 0. The Balaban J connectivity index is 1.80. The van der Waals surface area contributed by atoms with E-state index in [9.17, 15) is 0 Å². The highest BCUT2D eigenvalue weighted by molar-refractivity contribution is 5.34. The predicted octanol–water partition coefficient (Wildman–Crippen LogP) is 2.27. The molecule has 5 nitrogen and oxygen atoms in total. The molecule has 0 aliphatic carbocycles. The molecule has 0 atom stereocenters. The maximum absolute atomic E-state index is 9.14. The zero-order valence-electron chi connectivity index (χ0n) is 12.9. The number of hydrogen-bond donors (Lipinski definition) is 1. The Morgan fingerprint density at radius 1 is 1.14 bits per heavy atom. The number of aliphatic hydroxyl groups excluding tert-OH is 1. The van der Waals surface area contributed by atoms with Gasteiger partial charge in [0.1, 0.15) is 0 Å². The second-order valence-corrected chi connectivity index (χ2v) is 5.40. The quantitative estimate of drug-likeness (QED) is 0.786. The number of aromatic nitrogens is 4.